The third kappa shape index (κ3) is 3.77. The number of aliphatic hydroxyl groups excluding tert-OH is 1. The van der Waals surface area contributed by atoms with Crippen molar-refractivity contribution < 1.29 is 9.84 Å². The zero-order valence-electron chi connectivity index (χ0n) is 8.83. The topological polar surface area (TPSA) is 54.4 Å². The molecular formula is C10H15BrN2O2. The van der Waals surface area contributed by atoms with Crippen molar-refractivity contribution in [2.45, 2.75) is 13.0 Å². The van der Waals surface area contributed by atoms with E-state index in [1.165, 1.54) is 0 Å². The molecule has 0 aliphatic carbocycles. The molecule has 0 aliphatic heterocycles. The molecule has 1 heterocycles. The summed E-state index contributed by atoms with van der Waals surface area (Å²) in [5.41, 5.74) is 1.10. The molecule has 5 heteroatoms. The first kappa shape index (κ1) is 12.4. The summed E-state index contributed by atoms with van der Waals surface area (Å²) in [6, 6.07) is 1.80. The smallest absolute Gasteiger partial charge is 0.126 e. The van der Waals surface area contributed by atoms with Gasteiger partial charge in [-0.1, -0.05) is 0 Å². The summed E-state index contributed by atoms with van der Waals surface area (Å²) in [4.78, 5) is 4.18. The van der Waals surface area contributed by atoms with E-state index >= 15 is 0 Å². The molecule has 15 heavy (non-hydrogen) atoms. The van der Waals surface area contributed by atoms with E-state index in [4.69, 9.17) is 9.84 Å². The Bertz CT molecular complexity index is 320. The van der Waals surface area contributed by atoms with Crippen LogP contribution in [0.2, 0.25) is 0 Å². The van der Waals surface area contributed by atoms with E-state index in [9.17, 15) is 0 Å². The molecule has 1 unspecified atom stereocenters. The van der Waals surface area contributed by atoms with E-state index < -0.39 is 0 Å². The van der Waals surface area contributed by atoms with E-state index in [2.05, 4.69) is 26.2 Å². The molecule has 0 aliphatic rings. The van der Waals surface area contributed by atoms with Crippen LogP contribution in [0.5, 0.6) is 0 Å². The maximum atomic E-state index is 9.06. The summed E-state index contributed by atoms with van der Waals surface area (Å²) in [6.07, 6.45) is 1.74. The minimum atomic E-state index is -0.122. The number of rotatable bonds is 5. The molecular weight excluding hydrogens is 260 g/mol. The molecule has 84 valence electrons. The van der Waals surface area contributed by atoms with Gasteiger partial charge >= 0.3 is 0 Å². The molecule has 1 aromatic heterocycles. The second-order valence-electron chi connectivity index (χ2n) is 3.30. The predicted molar refractivity (Wildman–Crippen MR) is 63.0 cm³/mol. The first-order valence-corrected chi connectivity index (χ1v) is 5.45. The highest BCUT2D eigenvalue weighted by Crippen LogP contribution is 2.17. The summed E-state index contributed by atoms with van der Waals surface area (Å²) in [6.45, 7) is 2.46. The number of hydrogen-bond acceptors (Lipinski definition) is 4. The van der Waals surface area contributed by atoms with Gasteiger partial charge in [0.05, 0.1) is 19.3 Å². The molecule has 0 saturated carbocycles. The van der Waals surface area contributed by atoms with Gasteiger partial charge in [-0.05, 0) is 34.5 Å². The fraction of sp³-hybridized carbons (Fsp3) is 0.500. The molecule has 1 aromatic rings. The zero-order chi connectivity index (χ0) is 11.3. The van der Waals surface area contributed by atoms with Gasteiger partial charge < -0.3 is 15.2 Å². The Morgan fingerprint density at radius 2 is 2.40 bits per heavy atom. The van der Waals surface area contributed by atoms with Gasteiger partial charge in [0, 0.05) is 17.8 Å². The molecule has 4 nitrogen and oxygen atoms in total. The molecule has 0 amide bonds. The SMILES string of the molecule is COCC(CO)Nc1cc(C)c(Br)cn1. The molecule has 0 spiro atoms. The van der Waals surface area contributed by atoms with Gasteiger partial charge in [-0.3, -0.25) is 0 Å². The van der Waals surface area contributed by atoms with Crippen LogP contribution in [0, 0.1) is 6.92 Å². The molecule has 0 aromatic carbocycles. The highest BCUT2D eigenvalue weighted by molar-refractivity contribution is 9.10. The lowest BCUT2D eigenvalue weighted by Crippen LogP contribution is -2.29. The Kier molecular flexibility index (Phi) is 5.01. The predicted octanol–water partition coefficient (Wildman–Crippen LogP) is 1.57. The normalized spacial score (nSPS) is 12.5. The molecule has 0 saturated heterocycles. The highest BCUT2D eigenvalue weighted by Gasteiger charge is 2.07. The maximum absolute atomic E-state index is 9.06. The Balaban J connectivity index is 2.66. The van der Waals surface area contributed by atoms with Crippen LogP contribution < -0.4 is 5.32 Å². The van der Waals surface area contributed by atoms with Crippen LogP contribution in [0.1, 0.15) is 5.56 Å². The fourth-order valence-corrected chi connectivity index (χ4v) is 1.39. The number of nitrogens with one attached hydrogen (secondary N) is 1. The monoisotopic (exact) mass is 274 g/mol. The number of anilines is 1. The first-order valence-electron chi connectivity index (χ1n) is 4.66. The quantitative estimate of drug-likeness (QED) is 0.856. The number of halogens is 1. The molecule has 0 radical (unpaired) electrons. The van der Waals surface area contributed by atoms with E-state index in [0.717, 1.165) is 15.9 Å². The van der Waals surface area contributed by atoms with Crippen LogP contribution in [-0.2, 0) is 4.74 Å². The number of ether oxygens (including phenoxy) is 1. The van der Waals surface area contributed by atoms with E-state index in [-0.39, 0.29) is 12.6 Å². The van der Waals surface area contributed by atoms with E-state index in [1.54, 1.807) is 13.3 Å². The van der Waals surface area contributed by atoms with Crippen molar-refractivity contribution in [1.29, 1.82) is 0 Å². The van der Waals surface area contributed by atoms with Crippen molar-refractivity contribution in [3.05, 3.63) is 22.3 Å². The number of nitrogens with zero attached hydrogens (tertiary/aromatic N) is 1. The lowest BCUT2D eigenvalue weighted by Gasteiger charge is -2.16. The molecule has 1 atom stereocenters. The third-order valence-corrected chi connectivity index (χ3v) is 2.82. The van der Waals surface area contributed by atoms with Crippen LogP contribution in [0.4, 0.5) is 5.82 Å². The number of aryl methyl sites for hydroxylation is 1. The van der Waals surface area contributed by atoms with Crippen LogP contribution in [0.15, 0.2) is 16.7 Å². The van der Waals surface area contributed by atoms with Gasteiger partial charge in [-0.15, -0.1) is 0 Å². The van der Waals surface area contributed by atoms with Gasteiger partial charge in [0.25, 0.3) is 0 Å². The van der Waals surface area contributed by atoms with E-state index in [1.807, 2.05) is 13.0 Å². The fourth-order valence-electron chi connectivity index (χ4n) is 1.17. The van der Waals surface area contributed by atoms with Gasteiger partial charge in [-0.25, -0.2) is 4.98 Å². The number of pyridine rings is 1. The van der Waals surface area contributed by atoms with Gasteiger partial charge in [0.15, 0.2) is 0 Å². The Morgan fingerprint density at radius 3 is 2.93 bits per heavy atom. The number of aromatic nitrogens is 1. The second-order valence-corrected chi connectivity index (χ2v) is 4.15. The molecule has 2 N–H and O–H groups in total. The van der Waals surface area contributed by atoms with Crippen molar-refractivity contribution >= 4 is 21.7 Å². The van der Waals surface area contributed by atoms with Crippen LogP contribution >= 0.6 is 15.9 Å². The van der Waals surface area contributed by atoms with Crippen molar-refractivity contribution in [1.82, 2.24) is 4.98 Å². The minimum Gasteiger partial charge on any atom is -0.394 e. The number of methoxy groups -OCH3 is 1. The summed E-state index contributed by atoms with van der Waals surface area (Å²) < 4.78 is 5.93. The van der Waals surface area contributed by atoms with Crippen LogP contribution in [0.25, 0.3) is 0 Å². The van der Waals surface area contributed by atoms with Crippen LogP contribution in [-0.4, -0.2) is 36.5 Å². The summed E-state index contributed by atoms with van der Waals surface area (Å²) in [7, 11) is 1.60. The Labute approximate surface area is 97.8 Å². The Hall–Kier alpha value is -0.650. The molecule has 0 bridgehead atoms. The van der Waals surface area contributed by atoms with Crippen molar-refractivity contribution in [3.63, 3.8) is 0 Å². The van der Waals surface area contributed by atoms with Crippen LogP contribution in [0.3, 0.4) is 0 Å². The average molecular weight is 275 g/mol. The van der Waals surface area contributed by atoms with Gasteiger partial charge in [0.2, 0.25) is 0 Å². The Morgan fingerprint density at radius 1 is 1.67 bits per heavy atom. The largest absolute Gasteiger partial charge is 0.394 e. The molecule has 1 rings (SSSR count). The third-order valence-electron chi connectivity index (χ3n) is 1.99. The summed E-state index contributed by atoms with van der Waals surface area (Å²) in [5.74, 6) is 0.742. The number of hydrogen-bond donors (Lipinski definition) is 2. The standard InChI is InChI=1S/C10H15BrN2O2/c1-7-3-10(12-4-9(7)11)13-8(5-14)6-15-2/h3-4,8,14H,5-6H2,1-2H3,(H,12,13). The lowest BCUT2D eigenvalue weighted by molar-refractivity contribution is 0.153. The summed E-state index contributed by atoms with van der Waals surface area (Å²) in [5, 5.41) is 12.2. The van der Waals surface area contributed by atoms with Crippen molar-refractivity contribution in [3.8, 4) is 0 Å². The maximum Gasteiger partial charge on any atom is 0.126 e. The number of aliphatic hydroxyl groups is 1. The average Bonchev–Trinajstić information content (AvgIpc) is 2.23. The summed E-state index contributed by atoms with van der Waals surface area (Å²) >= 11 is 3.38. The van der Waals surface area contributed by atoms with Crippen molar-refractivity contribution in [2.24, 2.45) is 0 Å². The van der Waals surface area contributed by atoms with Crippen molar-refractivity contribution in [2.75, 3.05) is 25.6 Å². The minimum absolute atomic E-state index is 0.0185. The second kappa shape index (κ2) is 6.05. The van der Waals surface area contributed by atoms with E-state index in [0.29, 0.717) is 6.61 Å². The zero-order valence-corrected chi connectivity index (χ0v) is 10.4. The lowest BCUT2D eigenvalue weighted by atomic mass is 10.3. The first-order chi connectivity index (χ1) is 7.17. The van der Waals surface area contributed by atoms with Gasteiger partial charge in [0.1, 0.15) is 5.82 Å². The van der Waals surface area contributed by atoms with Gasteiger partial charge in [-0.2, -0.15) is 0 Å². The molecule has 0 fully saturated rings. The highest BCUT2D eigenvalue weighted by atomic mass is 79.9.